The molecule has 90 valence electrons. The molecule has 0 radical (unpaired) electrons. The van der Waals surface area contributed by atoms with Gasteiger partial charge in [0.2, 0.25) is 0 Å². The summed E-state index contributed by atoms with van der Waals surface area (Å²) < 4.78 is 13.2. The average molecular weight is 261 g/mol. The van der Waals surface area contributed by atoms with Crippen LogP contribution in [-0.2, 0) is 0 Å². The van der Waals surface area contributed by atoms with E-state index in [-0.39, 0.29) is 0 Å². The van der Waals surface area contributed by atoms with Crippen molar-refractivity contribution in [1.29, 1.82) is 5.26 Å². The van der Waals surface area contributed by atoms with E-state index in [0.29, 0.717) is 22.0 Å². The largest absolute Gasteiger partial charge is 0.354 e. The highest BCUT2D eigenvalue weighted by Gasteiger charge is 2.04. The van der Waals surface area contributed by atoms with Gasteiger partial charge in [0, 0.05) is 10.7 Å². The molecule has 2 aromatic rings. The first kappa shape index (κ1) is 12.4. The lowest BCUT2D eigenvalue weighted by Gasteiger charge is -2.09. The lowest BCUT2D eigenvalue weighted by molar-refractivity contribution is 0.628. The average Bonchev–Trinajstić information content (AvgIpc) is 2.27. The van der Waals surface area contributed by atoms with Crippen molar-refractivity contribution in [1.82, 2.24) is 0 Å². The fourth-order valence-corrected chi connectivity index (χ4v) is 1.86. The van der Waals surface area contributed by atoms with Gasteiger partial charge in [0.25, 0.3) is 0 Å². The number of halogens is 2. The Kier molecular flexibility index (Phi) is 3.50. The number of benzene rings is 2. The molecule has 2 nitrogen and oxygen atoms in total. The minimum atomic E-state index is -0.420. The van der Waals surface area contributed by atoms with E-state index in [2.05, 4.69) is 11.4 Å². The van der Waals surface area contributed by atoms with Crippen LogP contribution in [0.3, 0.4) is 0 Å². The van der Waals surface area contributed by atoms with Gasteiger partial charge in [-0.05, 0) is 42.8 Å². The predicted octanol–water partition coefficient (Wildman–Crippen LogP) is 4.40. The molecule has 0 aliphatic carbocycles. The molecule has 0 aliphatic heterocycles. The zero-order valence-corrected chi connectivity index (χ0v) is 10.4. The second-order valence-electron chi connectivity index (χ2n) is 3.94. The molecule has 0 saturated carbocycles. The number of rotatable bonds is 2. The van der Waals surface area contributed by atoms with Crippen molar-refractivity contribution in [3.05, 3.63) is 58.4 Å². The molecule has 4 heteroatoms. The van der Waals surface area contributed by atoms with Crippen LogP contribution in [0.25, 0.3) is 0 Å². The van der Waals surface area contributed by atoms with Gasteiger partial charge >= 0.3 is 0 Å². The molecular formula is C14H10ClFN2. The molecular weight excluding hydrogens is 251 g/mol. The summed E-state index contributed by atoms with van der Waals surface area (Å²) in [6.07, 6.45) is 0. The molecule has 18 heavy (non-hydrogen) atoms. The normalized spacial score (nSPS) is 9.89. The van der Waals surface area contributed by atoms with Crippen molar-refractivity contribution in [3.8, 4) is 6.07 Å². The van der Waals surface area contributed by atoms with Gasteiger partial charge in [0.1, 0.15) is 11.9 Å². The van der Waals surface area contributed by atoms with E-state index in [1.165, 1.54) is 12.1 Å². The molecule has 1 N–H and O–H groups in total. The van der Waals surface area contributed by atoms with Gasteiger partial charge in [-0.15, -0.1) is 0 Å². The van der Waals surface area contributed by atoms with E-state index in [4.69, 9.17) is 16.9 Å². The maximum absolute atomic E-state index is 13.2. The first-order valence-corrected chi connectivity index (χ1v) is 5.70. The lowest BCUT2D eigenvalue weighted by atomic mass is 10.1. The van der Waals surface area contributed by atoms with Gasteiger partial charge in [0.15, 0.2) is 0 Å². The minimum absolute atomic E-state index is 0.309. The van der Waals surface area contributed by atoms with Crippen molar-refractivity contribution >= 4 is 23.0 Å². The molecule has 0 bridgehead atoms. The Hall–Kier alpha value is -2.05. The van der Waals surface area contributed by atoms with Gasteiger partial charge in [-0.3, -0.25) is 0 Å². The molecule has 0 aromatic heterocycles. The van der Waals surface area contributed by atoms with Crippen molar-refractivity contribution in [2.45, 2.75) is 6.92 Å². The van der Waals surface area contributed by atoms with Crippen LogP contribution in [0.15, 0.2) is 36.4 Å². The first-order chi connectivity index (χ1) is 8.58. The topological polar surface area (TPSA) is 35.8 Å². The maximum atomic E-state index is 13.2. The second kappa shape index (κ2) is 5.07. The van der Waals surface area contributed by atoms with E-state index in [1.807, 2.05) is 19.1 Å². The standard InChI is InChI=1S/C14H10ClFN2/c1-9-2-3-10(8-17)14(4-9)18-13-6-11(15)5-12(16)7-13/h2-7,18H,1H3. The van der Waals surface area contributed by atoms with E-state index in [1.54, 1.807) is 12.1 Å². The summed E-state index contributed by atoms with van der Waals surface area (Å²) in [6, 6.07) is 11.6. The number of aryl methyl sites for hydroxylation is 1. The van der Waals surface area contributed by atoms with Crippen molar-refractivity contribution < 1.29 is 4.39 Å². The molecule has 0 unspecified atom stereocenters. The third-order valence-corrected chi connectivity index (χ3v) is 2.66. The Morgan fingerprint density at radius 3 is 2.67 bits per heavy atom. The summed E-state index contributed by atoms with van der Waals surface area (Å²) in [5, 5.41) is 12.3. The highest BCUT2D eigenvalue weighted by molar-refractivity contribution is 6.30. The molecule has 2 aromatic carbocycles. The second-order valence-corrected chi connectivity index (χ2v) is 4.38. The van der Waals surface area contributed by atoms with Gasteiger partial charge < -0.3 is 5.32 Å². The predicted molar refractivity (Wildman–Crippen MR) is 70.6 cm³/mol. The smallest absolute Gasteiger partial charge is 0.126 e. The number of hydrogen-bond acceptors (Lipinski definition) is 2. The Balaban J connectivity index is 2.39. The van der Waals surface area contributed by atoms with Crippen LogP contribution in [0.4, 0.5) is 15.8 Å². The highest BCUT2D eigenvalue weighted by Crippen LogP contribution is 2.25. The number of nitriles is 1. The summed E-state index contributed by atoms with van der Waals surface area (Å²) in [4.78, 5) is 0. The monoisotopic (exact) mass is 260 g/mol. The van der Waals surface area contributed by atoms with Crippen molar-refractivity contribution in [3.63, 3.8) is 0 Å². The summed E-state index contributed by atoms with van der Waals surface area (Å²) >= 11 is 5.78. The SMILES string of the molecule is Cc1ccc(C#N)c(Nc2cc(F)cc(Cl)c2)c1. The number of hydrogen-bond donors (Lipinski definition) is 1. The molecule has 0 spiro atoms. The molecule has 0 aliphatic rings. The molecule has 2 rings (SSSR count). The minimum Gasteiger partial charge on any atom is -0.354 e. The van der Waals surface area contributed by atoms with Crippen LogP contribution in [0.5, 0.6) is 0 Å². The van der Waals surface area contributed by atoms with Crippen molar-refractivity contribution in [2.24, 2.45) is 0 Å². The van der Waals surface area contributed by atoms with Crippen LogP contribution in [0.2, 0.25) is 5.02 Å². The van der Waals surface area contributed by atoms with E-state index >= 15 is 0 Å². The zero-order valence-electron chi connectivity index (χ0n) is 9.67. The van der Waals surface area contributed by atoms with Crippen molar-refractivity contribution in [2.75, 3.05) is 5.32 Å². The Bertz CT molecular complexity index is 612. The number of anilines is 2. The van der Waals surface area contributed by atoms with Crippen LogP contribution in [-0.4, -0.2) is 0 Å². The van der Waals surface area contributed by atoms with Crippen LogP contribution < -0.4 is 5.32 Å². The molecule has 0 heterocycles. The van der Waals surface area contributed by atoms with Gasteiger partial charge in [-0.25, -0.2) is 4.39 Å². The quantitative estimate of drug-likeness (QED) is 0.869. The van der Waals surface area contributed by atoms with Gasteiger partial charge in [-0.2, -0.15) is 5.26 Å². The molecule has 0 saturated heterocycles. The van der Waals surface area contributed by atoms with Crippen LogP contribution >= 0.6 is 11.6 Å². The molecule has 0 amide bonds. The highest BCUT2D eigenvalue weighted by atomic mass is 35.5. The zero-order chi connectivity index (χ0) is 13.1. The Labute approximate surface area is 110 Å². The van der Waals surface area contributed by atoms with Crippen LogP contribution in [0.1, 0.15) is 11.1 Å². The summed E-state index contributed by atoms with van der Waals surface area (Å²) in [5.41, 5.74) is 2.67. The number of nitrogens with zero attached hydrogens (tertiary/aromatic N) is 1. The Morgan fingerprint density at radius 2 is 2.00 bits per heavy atom. The van der Waals surface area contributed by atoms with Crippen LogP contribution in [0, 0.1) is 24.1 Å². The van der Waals surface area contributed by atoms with Gasteiger partial charge in [0.05, 0.1) is 11.3 Å². The molecule has 0 fully saturated rings. The first-order valence-electron chi connectivity index (χ1n) is 5.32. The van der Waals surface area contributed by atoms with E-state index in [0.717, 1.165) is 5.56 Å². The Morgan fingerprint density at radius 1 is 1.22 bits per heavy atom. The summed E-state index contributed by atoms with van der Waals surface area (Å²) in [5.74, 6) is -0.420. The third-order valence-electron chi connectivity index (χ3n) is 2.44. The fraction of sp³-hybridized carbons (Fsp3) is 0.0714. The maximum Gasteiger partial charge on any atom is 0.126 e. The summed E-state index contributed by atoms with van der Waals surface area (Å²) in [6.45, 7) is 1.92. The number of nitrogens with one attached hydrogen (secondary N) is 1. The fourth-order valence-electron chi connectivity index (χ4n) is 1.64. The van der Waals surface area contributed by atoms with E-state index in [9.17, 15) is 4.39 Å². The molecule has 0 atom stereocenters. The lowest BCUT2D eigenvalue weighted by Crippen LogP contribution is -1.95. The van der Waals surface area contributed by atoms with Gasteiger partial charge in [-0.1, -0.05) is 17.7 Å². The van der Waals surface area contributed by atoms with E-state index < -0.39 is 5.82 Å². The summed E-state index contributed by atoms with van der Waals surface area (Å²) in [7, 11) is 0. The third kappa shape index (κ3) is 2.79.